The number of nitrogens with one attached hydrogen (secondary N) is 1. The highest BCUT2D eigenvalue weighted by Crippen LogP contribution is 2.28. The van der Waals surface area contributed by atoms with Gasteiger partial charge in [0.25, 0.3) is 0 Å². The molecule has 4 heteroatoms. The highest BCUT2D eigenvalue weighted by atomic mass is 79.9. The lowest BCUT2D eigenvalue weighted by Crippen LogP contribution is -2.14. The van der Waals surface area contributed by atoms with Crippen LogP contribution in [0.3, 0.4) is 0 Å². The van der Waals surface area contributed by atoms with Gasteiger partial charge in [0.1, 0.15) is 5.82 Å². The zero-order valence-corrected chi connectivity index (χ0v) is 7.43. The predicted molar refractivity (Wildman–Crippen MR) is 49.8 cm³/mol. The Morgan fingerprint density at radius 3 is 3.18 bits per heavy atom. The Morgan fingerprint density at radius 1 is 1.64 bits per heavy atom. The van der Waals surface area contributed by atoms with E-state index in [4.69, 9.17) is 5.84 Å². The molecule has 2 heterocycles. The average Bonchev–Trinajstić information content (AvgIpc) is 2.30. The quantitative estimate of drug-likeness (QED) is 0.641. The lowest BCUT2D eigenvalue weighted by molar-refractivity contribution is 1.01. The van der Waals surface area contributed by atoms with Crippen LogP contribution in [0.4, 0.5) is 5.82 Å². The molecule has 1 aliphatic heterocycles. The Bertz CT molecular complexity index is 314. The van der Waals surface area contributed by atoms with E-state index in [1.165, 1.54) is 0 Å². The van der Waals surface area contributed by atoms with E-state index >= 15 is 0 Å². The van der Waals surface area contributed by atoms with Crippen molar-refractivity contribution in [3.05, 3.63) is 22.3 Å². The van der Waals surface area contributed by atoms with Gasteiger partial charge in [0.15, 0.2) is 0 Å². The molecule has 0 unspecified atom stereocenters. The molecule has 0 amide bonds. The van der Waals surface area contributed by atoms with Gasteiger partial charge in [-0.1, -0.05) is 12.2 Å². The minimum Gasteiger partial charge on any atom is -0.366 e. The number of halogens is 1. The first-order chi connectivity index (χ1) is 5.29. The maximum atomic E-state index is 5.65. The van der Waals surface area contributed by atoms with Gasteiger partial charge in [-0.05, 0) is 15.9 Å². The van der Waals surface area contributed by atoms with Crippen molar-refractivity contribution < 1.29 is 0 Å². The van der Waals surface area contributed by atoms with E-state index in [9.17, 15) is 0 Å². The maximum Gasteiger partial charge on any atom is 0.133 e. The van der Waals surface area contributed by atoms with Crippen molar-refractivity contribution in [1.29, 1.82) is 0 Å². The van der Waals surface area contributed by atoms with Crippen LogP contribution in [-0.4, -0.2) is 11.2 Å². The molecule has 3 N–H and O–H groups in total. The zero-order chi connectivity index (χ0) is 7.84. The van der Waals surface area contributed by atoms with Gasteiger partial charge in [-0.25, -0.2) is 0 Å². The van der Waals surface area contributed by atoms with Crippen LogP contribution < -0.4 is 11.2 Å². The van der Waals surface area contributed by atoms with Gasteiger partial charge >= 0.3 is 0 Å². The van der Waals surface area contributed by atoms with Crippen molar-refractivity contribution in [3.63, 3.8) is 0 Å². The Balaban J connectivity index is 2.63. The highest BCUT2D eigenvalue weighted by Gasteiger charge is 2.11. The second-order valence-corrected chi connectivity index (χ2v) is 3.28. The van der Waals surface area contributed by atoms with Gasteiger partial charge in [-0.2, -0.15) is 0 Å². The van der Waals surface area contributed by atoms with Gasteiger partial charge in [0, 0.05) is 22.8 Å². The molecule has 0 aliphatic carbocycles. The van der Waals surface area contributed by atoms with Crippen LogP contribution in [0.15, 0.2) is 16.7 Å². The third kappa shape index (κ3) is 0.939. The van der Waals surface area contributed by atoms with Gasteiger partial charge in [0.2, 0.25) is 0 Å². The number of hydrogen-bond acceptors (Lipinski definition) is 2. The van der Waals surface area contributed by atoms with Crippen LogP contribution >= 0.6 is 15.9 Å². The smallest absolute Gasteiger partial charge is 0.133 e. The normalized spacial score (nSPS) is 14.3. The van der Waals surface area contributed by atoms with Gasteiger partial charge in [0.05, 0.1) is 0 Å². The van der Waals surface area contributed by atoms with Crippen molar-refractivity contribution >= 4 is 27.8 Å². The van der Waals surface area contributed by atoms with Crippen LogP contribution in [0.1, 0.15) is 5.56 Å². The fourth-order valence-corrected chi connectivity index (χ4v) is 1.73. The molecule has 1 aromatic heterocycles. The molecular weight excluding hydrogens is 206 g/mol. The number of nitrogens with two attached hydrogens (primary N) is 1. The summed E-state index contributed by atoms with van der Waals surface area (Å²) < 4.78 is 2.61. The summed E-state index contributed by atoms with van der Waals surface area (Å²) in [5.41, 5.74) is 1.12. The van der Waals surface area contributed by atoms with Crippen molar-refractivity contribution in [1.82, 2.24) is 4.68 Å². The fourth-order valence-electron chi connectivity index (χ4n) is 1.19. The maximum absolute atomic E-state index is 5.65. The molecule has 0 aromatic carbocycles. The Kier molecular flexibility index (Phi) is 1.42. The molecule has 1 aromatic rings. The van der Waals surface area contributed by atoms with Crippen LogP contribution in [0.5, 0.6) is 0 Å². The molecule has 11 heavy (non-hydrogen) atoms. The second-order valence-electron chi connectivity index (χ2n) is 2.43. The zero-order valence-electron chi connectivity index (χ0n) is 5.84. The number of fused-ring (bicyclic) bond motifs is 1. The van der Waals surface area contributed by atoms with Crippen LogP contribution in [0.25, 0.3) is 6.08 Å². The molecule has 2 rings (SSSR count). The number of rotatable bonds is 0. The molecule has 58 valence electrons. The molecule has 3 nitrogen and oxygen atoms in total. The van der Waals surface area contributed by atoms with E-state index in [-0.39, 0.29) is 0 Å². The highest BCUT2D eigenvalue weighted by molar-refractivity contribution is 9.10. The summed E-state index contributed by atoms with van der Waals surface area (Å²) in [5.74, 6) is 6.62. The largest absolute Gasteiger partial charge is 0.366 e. The van der Waals surface area contributed by atoms with Gasteiger partial charge < -0.3 is 11.2 Å². The van der Waals surface area contributed by atoms with Crippen molar-refractivity contribution in [2.75, 3.05) is 17.7 Å². The lowest BCUT2D eigenvalue weighted by Gasteiger charge is -2.10. The summed E-state index contributed by atoms with van der Waals surface area (Å²) in [6, 6.07) is 0. The number of hydrogen-bond donors (Lipinski definition) is 2. The molecule has 0 spiro atoms. The monoisotopic (exact) mass is 213 g/mol. The summed E-state index contributed by atoms with van der Waals surface area (Å²) in [4.78, 5) is 0. The Labute approximate surface area is 73.0 Å². The Morgan fingerprint density at radius 2 is 2.45 bits per heavy atom. The molecule has 0 atom stereocenters. The summed E-state index contributed by atoms with van der Waals surface area (Å²) >= 11 is 3.41. The summed E-state index contributed by atoms with van der Waals surface area (Å²) in [6.07, 6.45) is 5.96. The SMILES string of the molecule is Nn1cc(Br)c2c1NCC=C2. The molecule has 1 aliphatic rings. The average molecular weight is 214 g/mol. The number of anilines is 1. The van der Waals surface area contributed by atoms with Crippen molar-refractivity contribution in [2.45, 2.75) is 0 Å². The first-order valence-corrected chi connectivity index (χ1v) is 4.14. The van der Waals surface area contributed by atoms with E-state index in [0.717, 1.165) is 22.4 Å². The minimum absolute atomic E-state index is 0.848. The molecule has 0 saturated carbocycles. The third-order valence-electron chi connectivity index (χ3n) is 1.69. The third-order valence-corrected chi connectivity index (χ3v) is 2.33. The lowest BCUT2D eigenvalue weighted by atomic mass is 10.2. The van der Waals surface area contributed by atoms with E-state index in [2.05, 4.69) is 33.4 Å². The molecular formula is C7H8BrN3. The number of nitrogens with zero attached hydrogens (tertiary/aromatic N) is 1. The van der Waals surface area contributed by atoms with E-state index in [1.54, 1.807) is 4.68 Å². The molecule has 0 saturated heterocycles. The minimum atomic E-state index is 0.848. The Hall–Kier alpha value is -0.900. The summed E-state index contributed by atoms with van der Waals surface area (Å²) in [5, 5.41) is 3.17. The summed E-state index contributed by atoms with van der Waals surface area (Å²) in [7, 11) is 0. The topological polar surface area (TPSA) is 43.0 Å². The standard InChI is InChI=1S/C7H8BrN3/c8-6-4-11(9)7-5(6)2-1-3-10-7/h1-2,4,10H,3,9H2. The fraction of sp³-hybridized carbons (Fsp3) is 0.143. The second kappa shape index (κ2) is 2.30. The van der Waals surface area contributed by atoms with Crippen LogP contribution in [0, 0.1) is 0 Å². The van der Waals surface area contributed by atoms with Crippen molar-refractivity contribution in [3.8, 4) is 0 Å². The number of nitrogen functional groups attached to an aromatic ring is 1. The van der Waals surface area contributed by atoms with Gasteiger partial charge in [-0.3, -0.25) is 4.68 Å². The van der Waals surface area contributed by atoms with E-state index < -0.39 is 0 Å². The predicted octanol–water partition coefficient (Wildman–Crippen LogP) is 1.40. The van der Waals surface area contributed by atoms with E-state index in [1.807, 2.05) is 6.20 Å². The first kappa shape index (κ1) is 6.79. The summed E-state index contributed by atoms with van der Waals surface area (Å²) in [6.45, 7) is 0.848. The van der Waals surface area contributed by atoms with Gasteiger partial charge in [-0.15, -0.1) is 0 Å². The molecule has 0 bridgehead atoms. The molecule has 0 radical (unpaired) electrons. The van der Waals surface area contributed by atoms with Crippen molar-refractivity contribution in [2.24, 2.45) is 0 Å². The number of aromatic nitrogens is 1. The van der Waals surface area contributed by atoms with Crippen LogP contribution in [-0.2, 0) is 0 Å². The first-order valence-electron chi connectivity index (χ1n) is 3.35. The van der Waals surface area contributed by atoms with E-state index in [0.29, 0.717) is 0 Å². The molecule has 0 fully saturated rings. The van der Waals surface area contributed by atoms with Crippen LogP contribution in [0.2, 0.25) is 0 Å².